The molecule has 2 N–H and O–H groups in total. The second-order valence-corrected chi connectivity index (χ2v) is 5.31. The highest BCUT2D eigenvalue weighted by molar-refractivity contribution is 5.83. The Kier molecular flexibility index (Phi) is 4.97. The van der Waals surface area contributed by atoms with Crippen molar-refractivity contribution in [1.82, 2.24) is 9.80 Å². The number of rotatable bonds is 5. The van der Waals surface area contributed by atoms with Gasteiger partial charge in [0.15, 0.2) is 0 Å². The zero-order valence-electron chi connectivity index (χ0n) is 11.3. The lowest BCUT2D eigenvalue weighted by atomic mass is 10.0. The fourth-order valence-corrected chi connectivity index (χ4v) is 2.83. The fourth-order valence-electron chi connectivity index (χ4n) is 2.83. The van der Waals surface area contributed by atoms with E-state index in [1.54, 1.807) is 0 Å². The van der Waals surface area contributed by atoms with Crippen LogP contribution in [0.1, 0.15) is 25.7 Å². The van der Waals surface area contributed by atoms with Gasteiger partial charge in [0.1, 0.15) is 0 Å². The van der Waals surface area contributed by atoms with Crippen molar-refractivity contribution in [3.05, 3.63) is 0 Å². The Balaban J connectivity index is 1.72. The minimum absolute atomic E-state index is 0.125. The van der Waals surface area contributed by atoms with E-state index in [1.807, 2.05) is 11.9 Å². The van der Waals surface area contributed by atoms with E-state index in [1.165, 1.54) is 0 Å². The highest BCUT2D eigenvalue weighted by atomic mass is 16.5. The van der Waals surface area contributed by atoms with Gasteiger partial charge in [0.25, 0.3) is 0 Å². The van der Waals surface area contributed by atoms with Gasteiger partial charge in [-0.15, -0.1) is 0 Å². The molecule has 5 heteroatoms. The van der Waals surface area contributed by atoms with Gasteiger partial charge >= 0.3 is 0 Å². The molecule has 2 aliphatic heterocycles. The molecule has 2 aliphatic rings. The number of nitrogens with two attached hydrogens (primary N) is 1. The lowest BCUT2D eigenvalue weighted by Crippen LogP contribution is -2.46. The highest BCUT2D eigenvalue weighted by Gasteiger charge is 2.35. The quantitative estimate of drug-likeness (QED) is 0.705. The van der Waals surface area contributed by atoms with Gasteiger partial charge in [-0.25, -0.2) is 0 Å². The minimum Gasteiger partial charge on any atom is -0.378 e. The Morgan fingerprint density at radius 1 is 1.28 bits per heavy atom. The smallest absolute Gasteiger partial charge is 0.239 e. The molecule has 0 spiro atoms. The number of carbonyl (C=O) groups is 1. The summed E-state index contributed by atoms with van der Waals surface area (Å²) in [5.41, 5.74) is 5.45. The van der Waals surface area contributed by atoms with Crippen LogP contribution in [-0.2, 0) is 9.53 Å². The predicted molar refractivity (Wildman–Crippen MR) is 70.3 cm³/mol. The summed E-state index contributed by atoms with van der Waals surface area (Å²) in [6, 6.07) is 0.125. The monoisotopic (exact) mass is 255 g/mol. The lowest BCUT2D eigenvalue weighted by molar-refractivity contribution is -0.132. The maximum Gasteiger partial charge on any atom is 0.239 e. The summed E-state index contributed by atoms with van der Waals surface area (Å²) in [5, 5.41) is 0. The number of nitrogens with zero attached hydrogens (tertiary/aromatic N) is 2. The first-order valence-electron chi connectivity index (χ1n) is 7.03. The van der Waals surface area contributed by atoms with Crippen molar-refractivity contribution in [2.75, 3.05) is 39.8 Å². The number of amides is 1. The molecule has 2 heterocycles. The molecule has 2 rings (SSSR count). The van der Waals surface area contributed by atoms with Gasteiger partial charge in [-0.05, 0) is 32.2 Å². The van der Waals surface area contributed by atoms with Gasteiger partial charge in [0.05, 0.1) is 12.1 Å². The van der Waals surface area contributed by atoms with Crippen LogP contribution >= 0.6 is 0 Å². The van der Waals surface area contributed by atoms with Crippen molar-refractivity contribution in [2.45, 2.75) is 37.8 Å². The van der Waals surface area contributed by atoms with Crippen molar-refractivity contribution in [3.63, 3.8) is 0 Å². The van der Waals surface area contributed by atoms with Gasteiger partial charge < -0.3 is 15.4 Å². The Morgan fingerprint density at radius 3 is 2.56 bits per heavy atom. The first kappa shape index (κ1) is 13.8. The Bertz CT molecular complexity index is 277. The zero-order chi connectivity index (χ0) is 13.0. The van der Waals surface area contributed by atoms with Crippen LogP contribution in [0.5, 0.6) is 0 Å². The normalized spacial score (nSPS) is 27.1. The van der Waals surface area contributed by atoms with Crippen LogP contribution in [0.4, 0.5) is 0 Å². The predicted octanol–water partition coefficient (Wildman–Crippen LogP) is 0.0469. The van der Waals surface area contributed by atoms with Crippen molar-refractivity contribution in [3.8, 4) is 0 Å². The molecule has 0 aromatic carbocycles. The van der Waals surface area contributed by atoms with Crippen LogP contribution < -0.4 is 5.73 Å². The van der Waals surface area contributed by atoms with Crippen LogP contribution in [0.15, 0.2) is 0 Å². The van der Waals surface area contributed by atoms with Gasteiger partial charge in [-0.1, -0.05) is 0 Å². The lowest BCUT2D eigenvalue weighted by Gasteiger charge is -2.34. The largest absolute Gasteiger partial charge is 0.378 e. The molecule has 1 amide bonds. The van der Waals surface area contributed by atoms with Crippen molar-refractivity contribution in [1.29, 1.82) is 0 Å². The summed E-state index contributed by atoms with van der Waals surface area (Å²) in [6.45, 7) is 4.33. The van der Waals surface area contributed by atoms with E-state index in [0.717, 1.165) is 51.9 Å². The molecule has 0 aromatic rings. The molecule has 0 aromatic heterocycles. The molecule has 104 valence electrons. The average molecular weight is 255 g/mol. The topological polar surface area (TPSA) is 58.8 Å². The van der Waals surface area contributed by atoms with Crippen molar-refractivity contribution in [2.24, 2.45) is 5.73 Å². The zero-order valence-corrected chi connectivity index (χ0v) is 11.3. The van der Waals surface area contributed by atoms with E-state index in [4.69, 9.17) is 10.5 Å². The summed E-state index contributed by atoms with van der Waals surface area (Å²) in [5.74, 6) is 0.289. The Hall–Kier alpha value is -0.650. The summed E-state index contributed by atoms with van der Waals surface area (Å²) >= 11 is 0. The highest BCUT2D eigenvalue weighted by Crippen LogP contribution is 2.21. The molecule has 2 fully saturated rings. The van der Waals surface area contributed by atoms with Crippen LogP contribution in [0.3, 0.4) is 0 Å². The second-order valence-electron chi connectivity index (χ2n) is 5.31. The van der Waals surface area contributed by atoms with Crippen LogP contribution in [0.2, 0.25) is 0 Å². The molecule has 1 unspecified atom stereocenters. The van der Waals surface area contributed by atoms with Crippen LogP contribution in [0.25, 0.3) is 0 Å². The SMILES string of the molecule is CN1CCC(N2CCC(OCCCN)CC2)C1=O. The van der Waals surface area contributed by atoms with Gasteiger partial charge in [0, 0.05) is 33.3 Å². The summed E-state index contributed by atoms with van der Waals surface area (Å²) in [7, 11) is 1.89. The average Bonchev–Trinajstić information content (AvgIpc) is 2.72. The first-order chi connectivity index (χ1) is 8.72. The molecule has 5 nitrogen and oxygen atoms in total. The first-order valence-corrected chi connectivity index (χ1v) is 7.03. The van der Waals surface area contributed by atoms with Gasteiger partial charge in [0.2, 0.25) is 5.91 Å². The molecule has 1 atom stereocenters. The van der Waals surface area contributed by atoms with Crippen LogP contribution in [0, 0.1) is 0 Å². The maximum atomic E-state index is 11.9. The Morgan fingerprint density at radius 2 is 2.00 bits per heavy atom. The van der Waals surface area contributed by atoms with Crippen molar-refractivity contribution < 1.29 is 9.53 Å². The number of hydrogen-bond acceptors (Lipinski definition) is 4. The molecule has 0 aliphatic carbocycles. The van der Waals surface area contributed by atoms with E-state index in [9.17, 15) is 4.79 Å². The fraction of sp³-hybridized carbons (Fsp3) is 0.923. The minimum atomic E-state index is 0.125. The van der Waals surface area contributed by atoms with E-state index in [2.05, 4.69) is 4.90 Å². The van der Waals surface area contributed by atoms with Crippen LogP contribution in [-0.4, -0.2) is 67.7 Å². The Labute approximate surface area is 109 Å². The number of likely N-dealkylation sites (tertiary alicyclic amines) is 2. The molecule has 0 bridgehead atoms. The molecule has 2 saturated heterocycles. The third-order valence-electron chi connectivity index (χ3n) is 4.02. The third-order valence-corrected chi connectivity index (χ3v) is 4.02. The van der Waals surface area contributed by atoms with E-state index in [-0.39, 0.29) is 11.9 Å². The number of hydrogen-bond donors (Lipinski definition) is 1. The van der Waals surface area contributed by atoms with E-state index >= 15 is 0 Å². The van der Waals surface area contributed by atoms with E-state index < -0.39 is 0 Å². The number of carbonyl (C=O) groups excluding carboxylic acids is 1. The second kappa shape index (κ2) is 6.50. The summed E-state index contributed by atoms with van der Waals surface area (Å²) in [6.07, 6.45) is 4.36. The van der Waals surface area contributed by atoms with E-state index in [0.29, 0.717) is 12.6 Å². The maximum absolute atomic E-state index is 11.9. The summed E-state index contributed by atoms with van der Waals surface area (Å²) < 4.78 is 5.78. The molecule has 18 heavy (non-hydrogen) atoms. The third kappa shape index (κ3) is 3.22. The standard InChI is InChI=1S/C13H25N3O2/c1-15-7-5-12(13(15)17)16-8-3-11(4-9-16)18-10-2-6-14/h11-12H,2-10,14H2,1H3. The molecule has 0 saturated carbocycles. The molecular weight excluding hydrogens is 230 g/mol. The number of likely N-dealkylation sites (N-methyl/N-ethyl adjacent to an activating group) is 1. The summed E-state index contributed by atoms with van der Waals surface area (Å²) in [4.78, 5) is 16.1. The van der Waals surface area contributed by atoms with Gasteiger partial charge in [-0.2, -0.15) is 0 Å². The molecular formula is C13H25N3O2. The number of ether oxygens (including phenoxy) is 1. The van der Waals surface area contributed by atoms with Crippen molar-refractivity contribution >= 4 is 5.91 Å². The number of piperidine rings is 1. The molecule has 0 radical (unpaired) electrons. The van der Waals surface area contributed by atoms with Gasteiger partial charge in [-0.3, -0.25) is 9.69 Å².